The smallest absolute Gasteiger partial charge is 0.258 e. The SMILES string of the molecule is Cc1sc(C(N)=O)cc1S(=O)(=O)N(C)C. The van der Waals surface area contributed by atoms with E-state index in [0.29, 0.717) is 4.88 Å². The second-order valence-corrected chi connectivity index (χ2v) is 6.56. The van der Waals surface area contributed by atoms with Gasteiger partial charge in [-0.05, 0) is 13.0 Å². The molecule has 0 atom stereocenters. The van der Waals surface area contributed by atoms with Crippen LogP contribution in [-0.4, -0.2) is 32.7 Å². The number of primary amides is 1. The molecular weight excluding hydrogens is 236 g/mol. The summed E-state index contributed by atoms with van der Waals surface area (Å²) in [5.41, 5.74) is 5.08. The number of carbonyl (C=O) groups excluding carboxylic acids is 1. The van der Waals surface area contributed by atoms with Crippen molar-refractivity contribution in [2.45, 2.75) is 11.8 Å². The van der Waals surface area contributed by atoms with Crippen molar-refractivity contribution in [3.8, 4) is 0 Å². The summed E-state index contributed by atoms with van der Waals surface area (Å²) in [6, 6.07) is 1.32. The Morgan fingerprint density at radius 2 is 2.00 bits per heavy atom. The zero-order valence-electron chi connectivity index (χ0n) is 8.64. The number of rotatable bonds is 3. The van der Waals surface area contributed by atoms with E-state index in [9.17, 15) is 13.2 Å². The molecule has 1 aromatic heterocycles. The lowest BCUT2D eigenvalue weighted by Gasteiger charge is -2.09. The van der Waals surface area contributed by atoms with Crippen LogP contribution in [0.25, 0.3) is 0 Å². The summed E-state index contributed by atoms with van der Waals surface area (Å²) in [5.74, 6) is -0.608. The van der Waals surface area contributed by atoms with E-state index >= 15 is 0 Å². The van der Waals surface area contributed by atoms with E-state index in [1.54, 1.807) is 6.92 Å². The largest absolute Gasteiger partial charge is 0.365 e. The van der Waals surface area contributed by atoms with Gasteiger partial charge < -0.3 is 5.73 Å². The highest BCUT2D eigenvalue weighted by atomic mass is 32.2. The fourth-order valence-electron chi connectivity index (χ4n) is 1.04. The maximum Gasteiger partial charge on any atom is 0.258 e. The molecule has 0 aliphatic heterocycles. The minimum atomic E-state index is -3.48. The maximum atomic E-state index is 11.8. The van der Waals surface area contributed by atoms with Crippen molar-refractivity contribution >= 4 is 27.3 Å². The Morgan fingerprint density at radius 1 is 1.47 bits per heavy atom. The zero-order valence-corrected chi connectivity index (χ0v) is 10.3. The Balaban J connectivity index is 3.34. The molecule has 1 aromatic rings. The van der Waals surface area contributed by atoms with Gasteiger partial charge in [0.05, 0.1) is 9.77 Å². The Bertz CT molecular complexity index is 488. The maximum absolute atomic E-state index is 11.8. The highest BCUT2D eigenvalue weighted by molar-refractivity contribution is 7.89. The van der Waals surface area contributed by atoms with Gasteiger partial charge >= 0.3 is 0 Å². The minimum absolute atomic E-state index is 0.145. The first kappa shape index (κ1) is 12.2. The van der Waals surface area contributed by atoms with Crippen LogP contribution in [0.3, 0.4) is 0 Å². The van der Waals surface area contributed by atoms with E-state index < -0.39 is 15.9 Å². The van der Waals surface area contributed by atoms with Crippen LogP contribution in [0.4, 0.5) is 0 Å². The van der Waals surface area contributed by atoms with Crippen molar-refractivity contribution in [1.29, 1.82) is 0 Å². The van der Waals surface area contributed by atoms with Crippen LogP contribution in [0.15, 0.2) is 11.0 Å². The van der Waals surface area contributed by atoms with Gasteiger partial charge in [0.15, 0.2) is 0 Å². The van der Waals surface area contributed by atoms with Crippen LogP contribution >= 0.6 is 11.3 Å². The number of hydrogen-bond acceptors (Lipinski definition) is 4. The first-order valence-electron chi connectivity index (χ1n) is 4.09. The van der Waals surface area contributed by atoms with E-state index in [2.05, 4.69) is 0 Å². The first-order chi connectivity index (χ1) is 6.76. The number of nitrogens with zero attached hydrogens (tertiary/aromatic N) is 1. The average molecular weight is 248 g/mol. The average Bonchev–Trinajstić information content (AvgIpc) is 2.47. The van der Waals surface area contributed by atoms with Gasteiger partial charge in [-0.25, -0.2) is 12.7 Å². The highest BCUT2D eigenvalue weighted by Gasteiger charge is 2.23. The Labute approximate surface area is 92.6 Å². The molecule has 0 aliphatic rings. The van der Waals surface area contributed by atoms with Crippen molar-refractivity contribution in [2.75, 3.05) is 14.1 Å². The Hall–Kier alpha value is -0.920. The molecule has 1 amide bonds. The monoisotopic (exact) mass is 248 g/mol. The molecule has 0 aromatic carbocycles. The van der Waals surface area contributed by atoms with Crippen LogP contribution in [0, 0.1) is 6.92 Å². The third kappa shape index (κ3) is 2.19. The number of nitrogens with two attached hydrogens (primary N) is 1. The van der Waals surface area contributed by atoms with Gasteiger partial charge in [0.2, 0.25) is 10.0 Å². The molecule has 0 fully saturated rings. The van der Waals surface area contributed by atoms with Crippen molar-refractivity contribution in [3.63, 3.8) is 0 Å². The third-order valence-corrected chi connectivity index (χ3v) is 5.01. The van der Waals surface area contributed by atoms with Crippen molar-refractivity contribution in [1.82, 2.24) is 4.31 Å². The van der Waals surface area contributed by atoms with E-state index in [0.717, 1.165) is 15.6 Å². The molecule has 84 valence electrons. The van der Waals surface area contributed by atoms with Crippen molar-refractivity contribution < 1.29 is 13.2 Å². The summed E-state index contributed by atoms with van der Waals surface area (Å²) < 4.78 is 24.6. The van der Waals surface area contributed by atoms with Gasteiger partial charge in [-0.2, -0.15) is 0 Å². The van der Waals surface area contributed by atoms with Crippen molar-refractivity contribution in [2.24, 2.45) is 5.73 Å². The van der Waals surface area contributed by atoms with E-state index in [1.807, 2.05) is 0 Å². The van der Waals surface area contributed by atoms with E-state index in [1.165, 1.54) is 20.2 Å². The van der Waals surface area contributed by atoms with Crippen LogP contribution < -0.4 is 5.73 Å². The summed E-state index contributed by atoms with van der Waals surface area (Å²) >= 11 is 1.09. The lowest BCUT2D eigenvalue weighted by Crippen LogP contribution is -2.22. The molecular formula is C8H12N2O3S2. The number of carbonyl (C=O) groups is 1. The highest BCUT2D eigenvalue weighted by Crippen LogP contribution is 2.26. The van der Waals surface area contributed by atoms with Gasteiger partial charge in [-0.1, -0.05) is 0 Å². The first-order valence-corrected chi connectivity index (χ1v) is 6.35. The predicted octanol–water partition coefficient (Wildman–Crippen LogP) is 0.406. The van der Waals surface area contributed by atoms with Crippen LogP contribution in [-0.2, 0) is 10.0 Å². The standard InChI is InChI=1S/C8H12N2O3S2/c1-5-7(15(12,13)10(2)3)4-6(14-5)8(9)11/h4H,1-3H3,(H2,9,11). The van der Waals surface area contributed by atoms with Crippen LogP contribution in [0.1, 0.15) is 14.5 Å². The molecule has 1 rings (SSSR count). The van der Waals surface area contributed by atoms with Gasteiger partial charge in [-0.3, -0.25) is 4.79 Å². The number of aryl methyl sites for hydroxylation is 1. The Morgan fingerprint density at radius 3 is 2.33 bits per heavy atom. The molecule has 0 unspecified atom stereocenters. The molecule has 0 radical (unpaired) electrons. The molecule has 0 saturated carbocycles. The van der Waals surface area contributed by atoms with Crippen LogP contribution in [0.2, 0.25) is 0 Å². The lowest BCUT2D eigenvalue weighted by molar-refractivity contribution is 0.100. The van der Waals surface area contributed by atoms with Gasteiger partial charge in [0.1, 0.15) is 0 Å². The van der Waals surface area contributed by atoms with E-state index in [4.69, 9.17) is 5.73 Å². The van der Waals surface area contributed by atoms with Crippen LogP contribution in [0.5, 0.6) is 0 Å². The molecule has 1 heterocycles. The van der Waals surface area contributed by atoms with Gasteiger partial charge in [0.25, 0.3) is 5.91 Å². The fraction of sp³-hybridized carbons (Fsp3) is 0.375. The lowest BCUT2D eigenvalue weighted by atomic mass is 10.4. The van der Waals surface area contributed by atoms with Crippen molar-refractivity contribution in [3.05, 3.63) is 15.8 Å². The molecule has 0 aliphatic carbocycles. The molecule has 0 saturated heterocycles. The summed E-state index contributed by atoms with van der Waals surface area (Å²) in [6.45, 7) is 1.65. The summed E-state index contributed by atoms with van der Waals surface area (Å²) in [6.07, 6.45) is 0. The molecule has 0 bridgehead atoms. The number of sulfonamides is 1. The summed E-state index contributed by atoms with van der Waals surface area (Å²) in [7, 11) is -0.603. The summed E-state index contributed by atoms with van der Waals surface area (Å²) in [4.78, 5) is 11.9. The number of amides is 1. The molecule has 2 N–H and O–H groups in total. The number of hydrogen-bond donors (Lipinski definition) is 1. The van der Waals surface area contributed by atoms with Gasteiger partial charge in [0, 0.05) is 19.0 Å². The van der Waals surface area contributed by atoms with E-state index in [-0.39, 0.29) is 9.77 Å². The third-order valence-electron chi connectivity index (χ3n) is 1.87. The number of thiophene rings is 1. The molecule has 0 spiro atoms. The molecule has 7 heteroatoms. The predicted molar refractivity (Wildman–Crippen MR) is 58.4 cm³/mol. The van der Waals surface area contributed by atoms with Gasteiger partial charge in [-0.15, -0.1) is 11.3 Å². The normalized spacial score (nSPS) is 12.0. The Kier molecular flexibility index (Phi) is 3.17. The zero-order chi connectivity index (χ0) is 11.8. The quantitative estimate of drug-likeness (QED) is 0.841. The molecule has 5 nitrogen and oxygen atoms in total. The second kappa shape index (κ2) is 3.92. The topological polar surface area (TPSA) is 80.5 Å². The molecule has 15 heavy (non-hydrogen) atoms. The fourth-order valence-corrected chi connectivity index (χ4v) is 3.35. The second-order valence-electron chi connectivity index (χ2n) is 3.18. The summed E-state index contributed by atoms with van der Waals surface area (Å²) in [5, 5.41) is 0. The minimum Gasteiger partial charge on any atom is -0.365 e.